The number of amides is 1. The smallest absolute Gasteiger partial charge is 0.405 e. The molecule has 1 N–H and O–H groups in total. The van der Waals surface area contributed by atoms with Crippen LogP contribution in [0, 0.1) is 0 Å². The third-order valence-corrected chi connectivity index (χ3v) is 3.02. The molecule has 11 heteroatoms. The zero-order chi connectivity index (χ0) is 19.2. The Bertz CT molecular complexity index is 705. The van der Waals surface area contributed by atoms with Gasteiger partial charge < -0.3 is 24.4 Å². The molecule has 1 aliphatic rings. The van der Waals surface area contributed by atoms with Crippen molar-refractivity contribution >= 4 is 17.6 Å². The van der Waals surface area contributed by atoms with Crippen molar-refractivity contribution in [2.24, 2.45) is 5.16 Å². The van der Waals surface area contributed by atoms with Gasteiger partial charge >= 0.3 is 12.1 Å². The first-order chi connectivity index (χ1) is 12.2. The number of hydrogen-bond donors (Lipinski definition) is 1. The van der Waals surface area contributed by atoms with Gasteiger partial charge in [0, 0.05) is 5.56 Å². The van der Waals surface area contributed by atoms with Crippen LogP contribution < -0.4 is 14.8 Å². The summed E-state index contributed by atoms with van der Waals surface area (Å²) in [4.78, 5) is 27.2. The van der Waals surface area contributed by atoms with Crippen molar-refractivity contribution < 1.29 is 41.8 Å². The first-order valence-corrected chi connectivity index (χ1v) is 7.30. The second-order valence-electron chi connectivity index (χ2n) is 5.07. The topological polar surface area (TPSA) is 95.5 Å². The van der Waals surface area contributed by atoms with E-state index in [1.165, 1.54) is 0 Å². The molecule has 1 aromatic carbocycles. The molecule has 0 radical (unpaired) electrons. The first kappa shape index (κ1) is 19.3. The zero-order valence-corrected chi connectivity index (χ0v) is 13.6. The Labute approximate surface area is 145 Å². The molecular weight excluding hydrogens is 361 g/mol. The molecule has 142 valence electrons. The largest absolute Gasteiger partial charge is 0.454 e. The number of halogens is 3. The third kappa shape index (κ3) is 6.15. The minimum atomic E-state index is -4.54. The fourth-order valence-electron chi connectivity index (χ4n) is 1.79. The van der Waals surface area contributed by atoms with Crippen LogP contribution >= 0.6 is 0 Å². The quantitative estimate of drug-likeness (QED) is 0.439. The highest BCUT2D eigenvalue weighted by Gasteiger charge is 2.27. The van der Waals surface area contributed by atoms with Crippen LogP contribution in [-0.2, 0) is 19.2 Å². The van der Waals surface area contributed by atoms with Crippen molar-refractivity contribution in [3.63, 3.8) is 0 Å². The summed E-state index contributed by atoms with van der Waals surface area (Å²) in [5.41, 5.74) is 1.12. The molecule has 1 aromatic rings. The van der Waals surface area contributed by atoms with E-state index in [0.29, 0.717) is 22.8 Å². The maximum absolute atomic E-state index is 11.9. The van der Waals surface area contributed by atoms with E-state index in [-0.39, 0.29) is 6.79 Å². The van der Waals surface area contributed by atoms with Gasteiger partial charge in [0.25, 0.3) is 5.91 Å². The molecule has 2 rings (SSSR count). The molecule has 0 fully saturated rings. The number of benzene rings is 1. The molecule has 0 aliphatic carbocycles. The van der Waals surface area contributed by atoms with Gasteiger partial charge in [-0.3, -0.25) is 4.79 Å². The number of oxime groups is 1. The van der Waals surface area contributed by atoms with Crippen LogP contribution in [-0.4, -0.2) is 50.3 Å². The number of nitrogens with one attached hydrogen (secondary N) is 1. The van der Waals surface area contributed by atoms with Crippen molar-refractivity contribution in [3.8, 4) is 11.5 Å². The zero-order valence-electron chi connectivity index (χ0n) is 13.6. The maximum Gasteiger partial charge on any atom is 0.405 e. The van der Waals surface area contributed by atoms with E-state index in [0.717, 1.165) is 0 Å². The normalized spacial score (nSPS) is 13.3. The fraction of sp³-hybridized carbons (Fsp3) is 0.400. The summed E-state index contributed by atoms with van der Waals surface area (Å²) < 4.78 is 50.6. The highest BCUT2D eigenvalue weighted by Crippen LogP contribution is 2.32. The average Bonchev–Trinajstić information content (AvgIpc) is 3.05. The minimum Gasteiger partial charge on any atom is -0.454 e. The number of ether oxygens (including phenoxy) is 3. The van der Waals surface area contributed by atoms with Crippen molar-refractivity contribution in [2.75, 3.05) is 26.6 Å². The summed E-state index contributed by atoms with van der Waals surface area (Å²) in [6.45, 7) is -1.18. The number of carbonyl (C=O) groups is 2. The van der Waals surface area contributed by atoms with E-state index in [9.17, 15) is 22.8 Å². The predicted molar refractivity (Wildman–Crippen MR) is 80.8 cm³/mol. The molecule has 0 atom stereocenters. The number of esters is 1. The Hall–Kier alpha value is -2.98. The number of nitrogens with zero attached hydrogens (tertiary/aromatic N) is 1. The summed E-state index contributed by atoms with van der Waals surface area (Å²) >= 11 is 0. The summed E-state index contributed by atoms with van der Waals surface area (Å²) in [5.74, 6) is -0.860. The van der Waals surface area contributed by atoms with Gasteiger partial charge in [-0.25, -0.2) is 4.79 Å². The minimum absolute atomic E-state index is 0.133. The monoisotopic (exact) mass is 376 g/mol. The highest BCUT2D eigenvalue weighted by atomic mass is 19.4. The molecule has 1 heterocycles. The van der Waals surface area contributed by atoms with E-state index in [4.69, 9.17) is 14.3 Å². The number of fused-ring (bicyclic) bond motifs is 1. The summed E-state index contributed by atoms with van der Waals surface area (Å²) in [5, 5.41) is 5.29. The van der Waals surface area contributed by atoms with Gasteiger partial charge in [-0.2, -0.15) is 13.2 Å². The van der Waals surface area contributed by atoms with Crippen molar-refractivity contribution in [1.82, 2.24) is 5.32 Å². The van der Waals surface area contributed by atoms with Crippen LogP contribution in [0.25, 0.3) is 0 Å². The lowest BCUT2D eigenvalue weighted by atomic mass is 10.1. The van der Waals surface area contributed by atoms with E-state index >= 15 is 0 Å². The Morgan fingerprint density at radius 3 is 2.69 bits per heavy atom. The lowest BCUT2D eigenvalue weighted by Crippen LogP contribution is -2.36. The van der Waals surface area contributed by atoms with Crippen molar-refractivity contribution in [1.29, 1.82) is 0 Å². The summed E-state index contributed by atoms with van der Waals surface area (Å²) in [6.07, 6.45) is -4.54. The van der Waals surface area contributed by atoms with Gasteiger partial charge in [0.2, 0.25) is 13.4 Å². The van der Waals surface area contributed by atoms with Gasteiger partial charge in [0.15, 0.2) is 18.1 Å². The standard InChI is InChI=1S/C15H15F3N2O6/c1-9(10-2-3-11-12(4-10)25-8-24-11)20-26-6-14(22)23-5-13(21)19-7-15(16,17)18/h2-4H,5-8H2,1H3,(H,19,21)/b20-9-. The highest BCUT2D eigenvalue weighted by molar-refractivity contribution is 5.99. The number of carbonyl (C=O) groups excluding carboxylic acids is 2. The molecule has 0 saturated carbocycles. The fourth-order valence-corrected chi connectivity index (χ4v) is 1.79. The molecule has 26 heavy (non-hydrogen) atoms. The van der Waals surface area contributed by atoms with Crippen molar-refractivity contribution in [3.05, 3.63) is 23.8 Å². The van der Waals surface area contributed by atoms with E-state index < -0.39 is 37.8 Å². The molecule has 1 amide bonds. The SMILES string of the molecule is C/C(=N/OCC(=O)OCC(=O)NCC(F)(F)F)c1ccc2c(c1)OCO2. The van der Waals surface area contributed by atoms with Crippen LogP contribution in [0.5, 0.6) is 11.5 Å². The van der Waals surface area contributed by atoms with Gasteiger partial charge in [-0.15, -0.1) is 0 Å². The molecule has 0 aromatic heterocycles. The lowest BCUT2D eigenvalue weighted by molar-refractivity contribution is -0.154. The van der Waals surface area contributed by atoms with E-state index in [1.807, 2.05) is 0 Å². The van der Waals surface area contributed by atoms with Gasteiger partial charge in [0.05, 0.1) is 5.71 Å². The van der Waals surface area contributed by atoms with Crippen LogP contribution in [0.2, 0.25) is 0 Å². The number of hydrogen-bond acceptors (Lipinski definition) is 7. The third-order valence-electron chi connectivity index (χ3n) is 3.02. The van der Waals surface area contributed by atoms with Crippen molar-refractivity contribution in [2.45, 2.75) is 13.1 Å². The number of alkyl halides is 3. The second kappa shape index (κ2) is 8.41. The summed E-state index contributed by atoms with van der Waals surface area (Å²) in [6, 6.07) is 5.11. The predicted octanol–water partition coefficient (Wildman–Crippen LogP) is 1.38. The summed E-state index contributed by atoms with van der Waals surface area (Å²) in [7, 11) is 0. The molecule has 0 spiro atoms. The molecule has 0 unspecified atom stereocenters. The lowest BCUT2D eigenvalue weighted by Gasteiger charge is -2.08. The molecular formula is C15H15F3N2O6. The second-order valence-corrected chi connectivity index (χ2v) is 5.07. The van der Waals surface area contributed by atoms with Crippen LogP contribution in [0.15, 0.2) is 23.4 Å². The van der Waals surface area contributed by atoms with Crippen LogP contribution in [0.4, 0.5) is 13.2 Å². The molecule has 0 saturated heterocycles. The average molecular weight is 376 g/mol. The van der Waals surface area contributed by atoms with Crippen LogP contribution in [0.1, 0.15) is 12.5 Å². The Morgan fingerprint density at radius 2 is 1.96 bits per heavy atom. The Kier molecular flexibility index (Phi) is 6.26. The van der Waals surface area contributed by atoms with Crippen LogP contribution in [0.3, 0.4) is 0 Å². The van der Waals surface area contributed by atoms with Gasteiger partial charge in [-0.05, 0) is 25.1 Å². The van der Waals surface area contributed by atoms with E-state index in [1.54, 1.807) is 30.4 Å². The van der Waals surface area contributed by atoms with E-state index in [2.05, 4.69) is 9.89 Å². The maximum atomic E-state index is 11.9. The first-order valence-electron chi connectivity index (χ1n) is 7.30. The Morgan fingerprint density at radius 1 is 1.23 bits per heavy atom. The molecule has 1 aliphatic heterocycles. The Balaban J connectivity index is 1.72. The number of rotatable bonds is 7. The van der Waals surface area contributed by atoms with Gasteiger partial charge in [-0.1, -0.05) is 5.16 Å². The molecule has 8 nitrogen and oxygen atoms in total. The molecule has 0 bridgehead atoms. The van der Waals surface area contributed by atoms with Gasteiger partial charge in [0.1, 0.15) is 6.54 Å².